The molecule has 0 aliphatic heterocycles. The van der Waals surface area contributed by atoms with Crippen LogP contribution < -0.4 is 5.32 Å². The number of hydrogen-bond donors (Lipinski definition) is 1. The minimum atomic E-state index is 0.220. The number of rotatable bonds is 4. The molecular formula is C14H22N2O. The van der Waals surface area contributed by atoms with Gasteiger partial charge in [-0.1, -0.05) is 19.3 Å². The molecule has 1 N–H and O–H groups in total. The predicted octanol–water partition coefficient (Wildman–Crippen LogP) is 2.77. The average Bonchev–Trinajstić information content (AvgIpc) is 2.28. The number of nitrogens with zero attached hydrogens (tertiary/aromatic N) is 1. The van der Waals surface area contributed by atoms with Crippen LogP contribution in [0.2, 0.25) is 0 Å². The number of carbonyl (C=O) groups is 1. The molecule has 3 nitrogen and oxygen atoms in total. The second-order valence-corrected chi connectivity index (χ2v) is 5.58. The molecule has 0 heterocycles. The molecule has 94 valence electrons. The summed E-state index contributed by atoms with van der Waals surface area (Å²) in [5.74, 6) is 1.26. The lowest BCUT2D eigenvalue weighted by molar-refractivity contribution is -0.122. The summed E-state index contributed by atoms with van der Waals surface area (Å²) < 4.78 is 0. The molecule has 0 saturated heterocycles. The van der Waals surface area contributed by atoms with E-state index in [4.69, 9.17) is 5.26 Å². The van der Waals surface area contributed by atoms with E-state index < -0.39 is 0 Å². The Kier molecular flexibility index (Phi) is 4.42. The quantitative estimate of drug-likeness (QED) is 0.813. The zero-order chi connectivity index (χ0) is 12.1. The molecule has 2 rings (SSSR count). The molecule has 0 aromatic carbocycles. The average molecular weight is 234 g/mol. The summed E-state index contributed by atoms with van der Waals surface area (Å²) in [6, 6.07) is 2.65. The van der Waals surface area contributed by atoms with E-state index in [-0.39, 0.29) is 11.8 Å². The predicted molar refractivity (Wildman–Crippen MR) is 66.1 cm³/mol. The van der Waals surface area contributed by atoms with Crippen molar-refractivity contribution in [3.05, 3.63) is 0 Å². The molecule has 2 fully saturated rings. The van der Waals surface area contributed by atoms with Crippen molar-refractivity contribution < 1.29 is 4.79 Å². The molecule has 0 spiro atoms. The van der Waals surface area contributed by atoms with E-state index >= 15 is 0 Å². The summed E-state index contributed by atoms with van der Waals surface area (Å²) in [6.45, 7) is 0. The van der Waals surface area contributed by atoms with Gasteiger partial charge in [0.15, 0.2) is 0 Å². The molecule has 2 aliphatic carbocycles. The highest BCUT2D eigenvalue weighted by atomic mass is 16.1. The maximum atomic E-state index is 11.7. The van der Waals surface area contributed by atoms with Crippen LogP contribution in [-0.4, -0.2) is 11.9 Å². The lowest BCUT2D eigenvalue weighted by atomic mass is 9.82. The second-order valence-electron chi connectivity index (χ2n) is 5.58. The Hall–Kier alpha value is -1.04. The van der Waals surface area contributed by atoms with E-state index in [0.717, 1.165) is 38.0 Å². The van der Waals surface area contributed by atoms with E-state index in [1.807, 2.05) is 0 Å². The molecule has 3 heteroatoms. The largest absolute Gasteiger partial charge is 0.353 e. The van der Waals surface area contributed by atoms with Gasteiger partial charge in [0.2, 0.25) is 5.91 Å². The highest BCUT2D eigenvalue weighted by Crippen LogP contribution is 2.30. The Morgan fingerprint density at radius 2 is 1.88 bits per heavy atom. The van der Waals surface area contributed by atoms with E-state index in [1.54, 1.807) is 0 Å². The first kappa shape index (κ1) is 12.4. The van der Waals surface area contributed by atoms with Crippen molar-refractivity contribution in [3.8, 4) is 6.07 Å². The highest BCUT2D eigenvalue weighted by molar-refractivity contribution is 5.76. The second kappa shape index (κ2) is 6.05. The number of nitriles is 1. The Balaban J connectivity index is 1.60. The molecule has 0 atom stereocenters. The van der Waals surface area contributed by atoms with Gasteiger partial charge in [0.1, 0.15) is 0 Å². The first-order valence-corrected chi connectivity index (χ1v) is 6.97. The van der Waals surface area contributed by atoms with Crippen molar-refractivity contribution in [2.24, 2.45) is 11.8 Å². The molecule has 17 heavy (non-hydrogen) atoms. The Labute approximate surface area is 104 Å². The minimum Gasteiger partial charge on any atom is -0.353 e. The standard InChI is InChI=1S/C14H22N2O/c15-10-12-4-7-13(8-5-12)16-14(17)9-6-11-2-1-3-11/h11-13H,1-9H2,(H,16,17). The maximum absolute atomic E-state index is 11.7. The monoisotopic (exact) mass is 234 g/mol. The summed E-state index contributed by atoms with van der Waals surface area (Å²) in [7, 11) is 0. The van der Waals surface area contributed by atoms with Crippen LogP contribution in [0.4, 0.5) is 0 Å². The van der Waals surface area contributed by atoms with Gasteiger partial charge in [0.25, 0.3) is 0 Å². The number of hydrogen-bond acceptors (Lipinski definition) is 2. The van der Waals surface area contributed by atoms with Crippen LogP contribution in [-0.2, 0) is 4.79 Å². The zero-order valence-corrected chi connectivity index (χ0v) is 10.5. The van der Waals surface area contributed by atoms with Gasteiger partial charge < -0.3 is 5.32 Å². The molecule has 2 aliphatic rings. The molecule has 2 saturated carbocycles. The van der Waals surface area contributed by atoms with Crippen LogP contribution in [0.3, 0.4) is 0 Å². The molecule has 1 amide bonds. The minimum absolute atomic E-state index is 0.220. The molecule has 0 bridgehead atoms. The third kappa shape index (κ3) is 3.73. The van der Waals surface area contributed by atoms with E-state index in [9.17, 15) is 4.79 Å². The normalized spacial score (nSPS) is 29.1. The van der Waals surface area contributed by atoms with E-state index in [1.165, 1.54) is 19.3 Å². The SMILES string of the molecule is N#CC1CCC(NC(=O)CCC2CCC2)CC1. The van der Waals surface area contributed by atoms with Crippen molar-refractivity contribution in [2.75, 3.05) is 0 Å². The van der Waals surface area contributed by atoms with Gasteiger partial charge >= 0.3 is 0 Å². The number of nitrogens with one attached hydrogen (secondary N) is 1. The van der Waals surface area contributed by atoms with Gasteiger partial charge in [-0.2, -0.15) is 5.26 Å². The van der Waals surface area contributed by atoms with Crippen LogP contribution in [0.5, 0.6) is 0 Å². The number of carbonyl (C=O) groups excluding carboxylic acids is 1. The lowest BCUT2D eigenvalue weighted by Crippen LogP contribution is -2.37. The topological polar surface area (TPSA) is 52.9 Å². The Morgan fingerprint density at radius 3 is 2.41 bits per heavy atom. The van der Waals surface area contributed by atoms with Crippen LogP contribution in [0.25, 0.3) is 0 Å². The van der Waals surface area contributed by atoms with Crippen molar-refractivity contribution in [1.29, 1.82) is 5.26 Å². The van der Waals surface area contributed by atoms with Gasteiger partial charge in [-0.05, 0) is 38.0 Å². The summed E-state index contributed by atoms with van der Waals surface area (Å²) in [5.41, 5.74) is 0. The molecule has 0 aromatic rings. The van der Waals surface area contributed by atoms with Crippen molar-refractivity contribution in [1.82, 2.24) is 5.32 Å². The smallest absolute Gasteiger partial charge is 0.220 e. The fourth-order valence-electron chi connectivity index (χ4n) is 2.78. The fourth-order valence-corrected chi connectivity index (χ4v) is 2.78. The highest BCUT2D eigenvalue weighted by Gasteiger charge is 2.23. The summed E-state index contributed by atoms with van der Waals surface area (Å²) >= 11 is 0. The first-order chi connectivity index (χ1) is 8.28. The molecular weight excluding hydrogens is 212 g/mol. The lowest BCUT2D eigenvalue weighted by Gasteiger charge is -2.27. The van der Waals surface area contributed by atoms with Gasteiger partial charge in [0.05, 0.1) is 6.07 Å². The molecule has 0 unspecified atom stereocenters. The van der Waals surface area contributed by atoms with Crippen molar-refractivity contribution in [3.63, 3.8) is 0 Å². The third-order valence-corrected chi connectivity index (χ3v) is 4.28. The third-order valence-electron chi connectivity index (χ3n) is 4.28. The zero-order valence-electron chi connectivity index (χ0n) is 10.5. The van der Waals surface area contributed by atoms with Crippen LogP contribution >= 0.6 is 0 Å². The van der Waals surface area contributed by atoms with Crippen molar-refractivity contribution >= 4 is 5.91 Å². The summed E-state index contributed by atoms with van der Waals surface area (Å²) in [6.07, 6.45) is 9.61. The van der Waals surface area contributed by atoms with Gasteiger partial charge in [-0.15, -0.1) is 0 Å². The van der Waals surface area contributed by atoms with Gasteiger partial charge in [0, 0.05) is 18.4 Å². The summed E-state index contributed by atoms with van der Waals surface area (Å²) in [5, 5.41) is 11.9. The van der Waals surface area contributed by atoms with Crippen LogP contribution in [0.15, 0.2) is 0 Å². The van der Waals surface area contributed by atoms with Gasteiger partial charge in [-0.25, -0.2) is 0 Å². The Morgan fingerprint density at radius 1 is 1.18 bits per heavy atom. The van der Waals surface area contributed by atoms with Crippen LogP contribution in [0, 0.1) is 23.2 Å². The first-order valence-electron chi connectivity index (χ1n) is 6.97. The van der Waals surface area contributed by atoms with E-state index in [2.05, 4.69) is 11.4 Å². The molecule has 0 radical (unpaired) electrons. The van der Waals surface area contributed by atoms with Crippen molar-refractivity contribution in [2.45, 2.75) is 63.8 Å². The fraction of sp³-hybridized carbons (Fsp3) is 0.857. The van der Waals surface area contributed by atoms with E-state index in [0.29, 0.717) is 12.5 Å². The van der Waals surface area contributed by atoms with Gasteiger partial charge in [-0.3, -0.25) is 4.79 Å². The maximum Gasteiger partial charge on any atom is 0.220 e. The summed E-state index contributed by atoms with van der Waals surface area (Å²) in [4.78, 5) is 11.7. The molecule has 0 aromatic heterocycles. The Bertz CT molecular complexity index is 296. The van der Waals surface area contributed by atoms with Crippen LogP contribution in [0.1, 0.15) is 57.8 Å². The number of amides is 1.